The maximum Gasteiger partial charge on any atom is 0.229 e. The van der Waals surface area contributed by atoms with E-state index in [1.54, 1.807) is 12.1 Å². The summed E-state index contributed by atoms with van der Waals surface area (Å²) in [6.45, 7) is 1.36. The normalized spacial score (nSPS) is 18.8. The number of anilines is 2. The lowest BCUT2D eigenvalue weighted by atomic mass is 10.1. The quantitative estimate of drug-likeness (QED) is 0.904. The van der Waals surface area contributed by atoms with Gasteiger partial charge in [0.15, 0.2) is 17.5 Å². The summed E-state index contributed by atoms with van der Waals surface area (Å²) in [6.07, 6.45) is 2.06. The average molecular weight is 331 g/mol. The molecule has 1 saturated carbocycles. The van der Waals surface area contributed by atoms with E-state index in [1.807, 2.05) is 0 Å². The van der Waals surface area contributed by atoms with Gasteiger partial charge in [0.1, 0.15) is 0 Å². The number of hydrogen-bond donors (Lipinski definition) is 2. The fourth-order valence-electron chi connectivity index (χ4n) is 2.60. The Morgan fingerprint density at radius 3 is 2.67 bits per heavy atom. The molecule has 5 nitrogen and oxygen atoms in total. The van der Waals surface area contributed by atoms with Crippen molar-refractivity contribution in [1.29, 1.82) is 0 Å². The molecule has 2 atom stereocenters. The molecule has 1 aliphatic rings. The van der Waals surface area contributed by atoms with Crippen molar-refractivity contribution in [3.63, 3.8) is 0 Å². The molecule has 7 heteroatoms. The molecule has 2 aromatic rings. The van der Waals surface area contributed by atoms with E-state index in [0.717, 1.165) is 12.1 Å². The molecule has 124 valence electrons. The van der Waals surface area contributed by atoms with Gasteiger partial charge in [-0.15, -0.1) is 0 Å². The number of benzene rings is 1. The van der Waals surface area contributed by atoms with Crippen molar-refractivity contribution in [3.8, 4) is 0 Å². The Morgan fingerprint density at radius 1 is 1.17 bits per heavy atom. The number of halogens is 2. The van der Waals surface area contributed by atoms with Crippen LogP contribution in [0.25, 0.3) is 0 Å². The van der Waals surface area contributed by atoms with Crippen LogP contribution in [0.15, 0.2) is 36.5 Å². The van der Waals surface area contributed by atoms with Crippen molar-refractivity contribution in [2.24, 2.45) is 5.92 Å². The maximum absolute atomic E-state index is 13.3. The molecule has 1 heterocycles. The maximum atomic E-state index is 13.3. The number of hydrogen-bond acceptors (Lipinski definition) is 3. The molecule has 0 radical (unpaired) electrons. The summed E-state index contributed by atoms with van der Waals surface area (Å²) in [5, 5.41) is 5.26. The highest BCUT2D eigenvalue weighted by Gasteiger charge is 2.44. The standard InChI is InChI=1S/C17H15F2N3O2/c1-9(23)21-15-3-2-6-20-16(15)22-17(24)12-8-11(12)10-4-5-13(18)14(19)7-10/h2-7,11-12H,8H2,1H3,(H,21,23)(H,20,22,24)/t11-,12-/m1/s1. The highest BCUT2D eigenvalue weighted by atomic mass is 19.2. The van der Waals surface area contributed by atoms with Gasteiger partial charge in [-0.2, -0.15) is 0 Å². The summed E-state index contributed by atoms with van der Waals surface area (Å²) in [5.74, 6) is -2.59. The van der Waals surface area contributed by atoms with Gasteiger partial charge >= 0.3 is 0 Å². The van der Waals surface area contributed by atoms with E-state index in [2.05, 4.69) is 15.6 Å². The number of amides is 2. The first-order valence-electron chi connectivity index (χ1n) is 7.44. The number of carbonyl (C=O) groups excluding carboxylic acids is 2. The molecular formula is C17H15F2N3O2. The van der Waals surface area contributed by atoms with Crippen molar-refractivity contribution < 1.29 is 18.4 Å². The first-order chi connectivity index (χ1) is 11.5. The number of nitrogens with zero attached hydrogens (tertiary/aromatic N) is 1. The van der Waals surface area contributed by atoms with Gasteiger partial charge in [-0.25, -0.2) is 13.8 Å². The highest BCUT2D eigenvalue weighted by Crippen LogP contribution is 2.48. The molecule has 3 rings (SSSR count). The molecule has 0 unspecified atom stereocenters. The largest absolute Gasteiger partial charge is 0.323 e. The van der Waals surface area contributed by atoms with Crippen molar-refractivity contribution in [2.75, 3.05) is 10.6 Å². The second-order valence-corrected chi connectivity index (χ2v) is 5.69. The van der Waals surface area contributed by atoms with Crippen LogP contribution in [0.4, 0.5) is 20.3 Å². The third-order valence-electron chi connectivity index (χ3n) is 3.86. The zero-order valence-electron chi connectivity index (χ0n) is 12.8. The lowest BCUT2D eigenvalue weighted by Crippen LogP contribution is -2.18. The van der Waals surface area contributed by atoms with Crippen LogP contribution in [0.3, 0.4) is 0 Å². The number of aromatic nitrogens is 1. The monoisotopic (exact) mass is 331 g/mol. The Hall–Kier alpha value is -2.83. The fraction of sp³-hybridized carbons (Fsp3) is 0.235. The van der Waals surface area contributed by atoms with Crippen LogP contribution in [0, 0.1) is 17.6 Å². The van der Waals surface area contributed by atoms with E-state index in [-0.39, 0.29) is 29.5 Å². The third-order valence-corrected chi connectivity index (χ3v) is 3.86. The molecule has 0 aliphatic heterocycles. The molecule has 0 bridgehead atoms. The Balaban J connectivity index is 1.69. The third kappa shape index (κ3) is 3.40. The lowest BCUT2D eigenvalue weighted by Gasteiger charge is -2.10. The number of pyridine rings is 1. The van der Waals surface area contributed by atoms with Gasteiger partial charge in [0.2, 0.25) is 11.8 Å². The molecule has 1 fully saturated rings. The van der Waals surface area contributed by atoms with Crippen molar-refractivity contribution >= 4 is 23.3 Å². The number of carbonyl (C=O) groups is 2. The zero-order valence-corrected chi connectivity index (χ0v) is 12.8. The Kier molecular flexibility index (Phi) is 4.24. The van der Waals surface area contributed by atoms with Crippen LogP contribution < -0.4 is 10.6 Å². The molecule has 24 heavy (non-hydrogen) atoms. The Bertz CT molecular complexity index is 810. The fourth-order valence-corrected chi connectivity index (χ4v) is 2.60. The summed E-state index contributed by atoms with van der Waals surface area (Å²) in [4.78, 5) is 27.5. The van der Waals surface area contributed by atoms with E-state index in [4.69, 9.17) is 0 Å². The Labute approximate surface area is 137 Å². The van der Waals surface area contributed by atoms with Gasteiger partial charge in [0.25, 0.3) is 0 Å². The van der Waals surface area contributed by atoms with Crippen molar-refractivity contribution in [1.82, 2.24) is 4.98 Å². The number of rotatable bonds is 4. The molecule has 0 spiro atoms. The zero-order chi connectivity index (χ0) is 17.3. The van der Waals surface area contributed by atoms with Gasteiger partial charge in [-0.1, -0.05) is 6.07 Å². The van der Waals surface area contributed by atoms with E-state index in [1.165, 1.54) is 19.2 Å². The molecule has 0 saturated heterocycles. The summed E-state index contributed by atoms with van der Waals surface area (Å²) < 4.78 is 26.3. The van der Waals surface area contributed by atoms with Gasteiger partial charge in [0, 0.05) is 19.0 Å². The lowest BCUT2D eigenvalue weighted by molar-refractivity contribution is -0.117. The average Bonchev–Trinajstić information content (AvgIpc) is 3.32. The van der Waals surface area contributed by atoms with E-state index >= 15 is 0 Å². The van der Waals surface area contributed by atoms with Gasteiger partial charge in [0.05, 0.1) is 5.69 Å². The first-order valence-corrected chi connectivity index (χ1v) is 7.44. The smallest absolute Gasteiger partial charge is 0.229 e. The second kappa shape index (κ2) is 6.35. The molecular weight excluding hydrogens is 316 g/mol. The summed E-state index contributed by atoms with van der Waals surface area (Å²) >= 11 is 0. The van der Waals surface area contributed by atoms with Gasteiger partial charge in [-0.3, -0.25) is 9.59 Å². The van der Waals surface area contributed by atoms with Crippen molar-refractivity contribution in [3.05, 3.63) is 53.7 Å². The summed E-state index contributed by atoms with van der Waals surface area (Å²) in [7, 11) is 0. The molecule has 1 aromatic heterocycles. The number of nitrogens with one attached hydrogen (secondary N) is 2. The van der Waals surface area contributed by atoms with E-state index in [9.17, 15) is 18.4 Å². The molecule has 2 amide bonds. The SMILES string of the molecule is CC(=O)Nc1cccnc1NC(=O)[C@@H]1C[C@@H]1c1ccc(F)c(F)c1. The summed E-state index contributed by atoms with van der Waals surface area (Å²) in [6, 6.07) is 6.94. The first kappa shape index (κ1) is 16.0. The van der Waals surface area contributed by atoms with E-state index < -0.39 is 11.6 Å². The van der Waals surface area contributed by atoms with Gasteiger partial charge < -0.3 is 10.6 Å². The van der Waals surface area contributed by atoms with Gasteiger partial charge in [-0.05, 0) is 42.2 Å². The highest BCUT2D eigenvalue weighted by molar-refractivity contribution is 5.99. The van der Waals surface area contributed by atoms with Crippen LogP contribution in [-0.4, -0.2) is 16.8 Å². The summed E-state index contributed by atoms with van der Waals surface area (Å²) in [5.41, 5.74) is 1.00. The minimum Gasteiger partial charge on any atom is -0.323 e. The van der Waals surface area contributed by atoms with Crippen LogP contribution in [0.2, 0.25) is 0 Å². The second-order valence-electron chi connectivity index (χ2n) is 5.69. The Morgan fingerprint density at radius 2 is 1.96 bits per heavy atom. The molecule has 1 aliphatic carbocycles. The van der Waals surface area contributed by atoms with E-state index in [0.29, 0.717) is 17.7 Å². The minimum atomic E-state index is -0.920. The predicted molar refractivity (Wildman–Crippen MR) is 84.4 cm³/mol. The van der Waals surface area contributed by atoms with Crippen LogP contribution in [0.5, 0.6) is 0 Å². The predicted octanol–water partition coefficient (Wildman–Crippen LogP) is 3.06. The molecule has 1 aromatic carbocycles. The van der Waals surface area contributed by atoms with Crippen LogP contribution in [-0.2, 0) is 9.59 Å². The van der Waals surface area contributed by atoms with Crippen molar-refractivity contribution in [2.45, 2.75) is 19.3 Å². The minimum absolute atomic E-state index is 0.145. The molecule has 2 N–H and O–H groups in total. The topological polar surface area (TPSA) is 71.1 Å². The van der Waals surface area contributed by atoms with Crippen LogP contribution >= 0.6 is 0 Å². The van der Waals surface area contributed by atoms with Crippen LogP contribution in [0.1, 0.15) is 24.8 Å².